The highest BCUT2D eigenvalue weighted by Crippen LogP contribution is 2.42. The molecule has 0 unspecified atom stereocenters. The van der Waals surface area contributed by atoms with Crippen molar-refractivity contribution in [1.82, 2.24) is 14.9 Å². The molecule has 1 aliphatic carbocycles. The molecule has 0 radical (unpaired) electrons. The van der Waals surface area contributed by atoms with Crippen LogP contribution in [0, 0.1) is 12.3 Å². The number of hydrogen-bond acceptors (Lipinski definition) is 4. The summed E-state index contributed by atoms with van der Waals surface area (Å²) in [4.78, 5) is 26.6. The summed E-state index contributed by atoms with van der Waals surface area (Å²) in [5.41, 5.74) is 1.40. The SMILES string of the molecule is CCCc1nc(C)cc(N2CCC3(CCC(=O)N(C4CCCC4)C3)CC2)n1. The van der Waals surface area contributed by atoms with Gasteiger partial charge in [0.1, 0.15) is 11.6 Å². The van der Waals surface area contributed by atoms with Crippen LogP contribution in [-0.2, 0) is 11.2 Å². The largest absolute Gasteiger partial charge is 0.356 e. The minimum atomic E-state index is 0.335. The lowest BCUT2D eigenvalue weighted by atomic mass is 9.72. The molecule has 1 aromatic rings. The van der Waals surface area contributed by atoms with Crippen molar-refractivity contribution in [2.45, 2.75) is 84.1 Å². The van der Waals surface area contributed by atoms with Crippen LogP contribution in [0.4, 0.5) is 5.82 Å². The number of carbonyl (C=O) groups excluding carboxylic acids is 1. The number of aromatic nitrogens is 2. The lowest BCUT2D eigenvalue weighted by Gasteiger charge is -2.49. The number of amides is 1. The van der Waals surface area contributed by atoms with Crippen LogP contribution in [-0.4, -0.2) is 46.5 Å². The molecular formula is C22H34N4O. The van der Waals surface area contributed by atoms with E-state index in [1.54, 1.807) is 0 Å². The standard InChI is InChI=1S/C22H34N4O/c1-3-6-19-23-17(2)15-20(24-19)25-13-11-22(12-14-25)10-9-21(27)26(16-22)18-7-4-5-8-18/h15,18H,3-14,16H2,1-2H3. The molecule has 1 aromatic heterocycles. The number of aryl methyl sites for hydroxylation is 2. The number of anilines is 1. The number of carbonyl (C=O) groups is 1. The minimum absolute atomic E-state index is 0.335. The van der Waals surface area contributed by atoms with Crippen molar-refractivity contribution in [2.24, 2.45) is 5.41 Å². The second kappa shape index (κ2) is 7.76. The molecule has 1 saturated carbocycles. The maximum atomic E-state index is 12.5. The molecule has 2 aliphatic heterocycles. The van der Waals surface area contributed by atoms with E-state index in [9.17, 15) is 4.79 Å². The Hall–Kier alpha value is -1.65. The van der Waals surface area contributed by atoms with E-state index in [-0.39, 0.29) is 0 Å². The minimum Gasteiger partial charge on any atom is -0.356 e. The number of rotatable bonds is 4. The lowest BCUT2D eigenvalue weighted by Crippen LogP contribution is -2.54. The molecule has 3 fully saturated rings. The maximum Gasteiger partial charge on any atom is 0.222 e. The van der Waals surface area contributed by atoms with Crippen molar-refractivity contribution in [3.8, 4) is 0 Å². The number of nitrogens with zero attached hydrogens (tertiary/aromatic N) is 4. The first-order valence-corrected chi connectivity index (χ1v) is 11.0. The summed E-state index contributed by atoms with van der Waals surface area (Å²) in [7, 11) is 0. The first-order chi connectivity index (χ1) is 13.1. The van der Waals surface area contributed by atoms with Crippen LogP contribution in [0.25, 0.3) is 0 Å². The molecule has 0 atom stereocenters. The quantitative estimate of drug-likeness (QED) is 0.807. The van der Waals surface area contributed by atoms with Gasteiger partial charge in [0.15, 0.2) is 0 Å². The third kappa shape index (κ3) is 3.97. The van der Waals surface area contributed by atoms with Gasteiger partial charge in [-0.05, 0) is 50.9 Å². The van der Waals surface area contributed by atoms with Gasteiger partial charge in [-0.2, -0.15) is 0 Å². The van der Waals surface area contributed by atoms with Gasteiger partial charge < -0.3 is 9.80 Å². The highest BCUT2D eigenvalue weighted by molar-refractivity contribution is 5.77. The van der Waals surface area contributed by atoms with Crippen LogP contribution in [0.1, 0.15) is 76.2 Å². The average Bonchev–Trinajstić information content (AvgIpc) is 3.19. The molecule has 1 amide bonds. The first-order valence-electron chi connectivity index (χ1n) is 11.0. The van der Waals surface area contributed by atoms with Gasteiger partial charge in [-0.1, -0.05) is 19.8 Å². The van der Waals surface area contributed by atoms with Gasteiger partial charge in [-0.15, -0.1) is 0 Å². The number of piperidine rings is 2. The van der Waals surface area contributed by atoms with E-state index in [0.29, 0.717) is 17.4 Å². The molecule has 3 heterocycles. The van der Waals surface area contributed by atoms with E-state index >= 15 is 0 Å². The van der Waals surface area contributed by atoms with Crippen molar-refractivity contribution in [3.05, 3.63) is 17.6 Å². The molecule has 5 heteroatoms. The zero-order valence-corrected chi connectivity index (χ0v) is 17.0. The summed E-state index contributed by atoms with van der Waals surface area (Å²) < 4.78 is 0. The highest BCUT2D eigenvalue weighted by Gasteiger charge is 2.43. The van der Waals surface area contributed by atoms with Crippen molar-refractivity contribution in [2.75, 3.05) is 24.5 Å². The number of hydrogen-bond donors (Lipinski definition) is 0. The smallest absolute Gasteiger partial charge is 0.222 e. The fourth-order valence-corrected chi connectivity index (χ4v) is 5.32. The fraction of sp³-hybridized carbons (Fsp3) is 0.773. The number of likely N-dealkylation sites (tertiary alicyclic amines) is 1. The van der Waals surface area contributed by atoms with E-state index in [1.807, 2.05) is 0 Å². The van der Waals surface area contributed by atoms with E-state index < -0.39 is 0 Å². The normalized spacial score (nSPS) is 23.4. The molecule has 2 saturated heterocycles. The zero-order valence-electron chi connectivity index (χ0n) is 17.0. The van der Waals surface area contributed by atoms with Gasteiger partial charge in [0, 0.05) is 50.3 Å². The van der Waals surface area contributed by atoms with Gasteiger partial charge in [0.2, 0.25) is 5.91 Å². The molecule has 3 aliphatic rings. The molecule has 0 aromatic carbocycles. The Morgan fingerprint density at radius 2 is 1.89 bits per heavy atom. The molecule has 148 valence electrons. The third-order valence-corrected chi connectivity index (χ3v) is 6.97. The van der Waals surface area contributed by atoms with Crippen molar-refractivity contribution in [1.29, 1.82) is 0 Å². The van der Waals surface area contributed by atoms with Crippen molar-refractivity contribution >= 4 is 11.7 Å². The van der Waals surface area contributed by atoms with Gasteiger partial charge in [-0.25, -0.2) is 9.97 Å². The molecule has 0 N–H and O–H groups in total. The summed E-state index contributed by atoms with van der Waals surface area (Å²) in [5, 5.41) is 0. The maximum absolute atomic E-state index is 12.5. The molecule has 4 rings (SSSR count). The summed E-state index contributed by atoms with van der Waals surface area (Å²) >= 11 is 0. The van der Waals surface area contributed by atoms with E-state index in [2.05, 4.69) is 34.7 Å². The van der Waals surface area contributed by atoms with Gasteiger partial charge in [0.05, 0.1) is 0 Å². The van der Waals surface area contributed by atoms with Gasteiger partial charge >= 0.3 is 0 Å². The van der Waals surface area contributed by atoms with Gasteiger partial charge in [-0.3, -0.25) is 4.79 Å². The summed E-state index contributed by atoms with van der Waals surface area (Å²) in [6, 6.07) is 2.65. The molecule has 1 spiro atoms. The topological polar surface area (TPSA) is 49.3 Å². The summed E-state index contributed by atoms with van der Waals surface area (Å²) in [6.07, 6.45) is 11.2. The second-order valence-corrected chi connectivity index (χ2v) is 8.98. The van der Waals surface area contributed by atoms with Crippen molar-refractivity contribution in [3.63, 3.8) is 0 Å². The summed E-state index contributed by atoms with van der Waals surface area (Å²) in [5.74, 6) is 2.48. The predicted molar refractivity (Wildman–Crippen MR) is 108 cm³/mol. The fourth-order valence-electron chi connectivity index (χ4n) is 5.32. The van der Waals surface area contributed by atoms with Crippen molar-refractivity contribution < 1.29 is 4.79 Å². The molecular weight excluding hydrogens is 336 g/mol. The Bertz CT molecular complexity index is 675. The van der Waals surface area contributed by atoms with E-state index in [1.165, 1.54) is 38.5 Å². The second-order valence-electron chi connectivity index (χ2n) is 8.98. The van der Waals surface area contributed by atoms with E-state index in [0.717, 1.165) is 62.7 Å². The highest BCUT2D eigenvalue weighted by atomic mass is 16.2. The Morgan fingerprint density at radius 1 is 1.15 bits per heavy atom. The average molecular weight is 371 g/mol. The van der Waals surface area contributed by atoms with Crippen LogP contribution in [0.3, 0.4) is 0 Å². The Labute approximate surface area is 163 Å². The molecule has 27 heavy (non-hydrogen) atoms. The van der Waals surface area contributed by atoms with Crippen LogP contribution in [0.5, 0.6) is 0 Å². The summed E-state index contributed by atoms with van der Waals surface area (Å²) in [6.45, 7) is 7.34. The molecule has 0 bridgehead atoms. The van der Waals surface area contributed by atoms with Gasteiger partial charge in [0.25, 0.3) is 0 Å². The first kappa shape index (κ1) is 18.7. The zero-order chi connectivity index (χ0) is 18.9. The van der Waals surface area contributed by atoms with Crippen LogP contribution < -0.4 is 4.90 Å². The van der Waals surface area contributed by atoms with Crippen LogP contribution in [0.15, 0.2) is 6.07 Å². The monoisotopic (exact) mass is 370 g/mol. The Morgan fingerprint density at radius 3 is 2.59 bits per heavy atom. The Kier molecular flexibility index (Phi) is 5.38. The van der Waals surface area contributed by atoms with Crippen LogP contribution >= 0.6 is 0 Å². The third-order valence-electron chi connectivity index (χ3n) is 6.97. The Balaban J connectivity index is 1.43. The van der Waals surface area contributed by atoms with Crippen LogP contribution in [0.2, 0.25) is 0 Å². The molecule has 5 nitrogen and oxygen atoms in total. The predicted octanol–water partition coefficient (Wildman–Crippen LogP) is 3.89. The lowest BCUT2D eigenvalue weighted by molar-refractivity contribution is -0.141. The van der Waals surface area contributed by atoms with E-state index in [4.69, 9.17) is 4.98 Å².